The van der Waals surface area contributed by atoms with Crippen molar-refractivity contribution in [3.63, 3.8) is 0 Å². The van der Waals surface area contributed by atoms with E-state index in [1.165, 1.54) is 5.56 Å². The predicted octanol–water partition coefficient (Wildman–Crippen LogP) is -0.0143. The summed E-state index contributed by atoms with van der Waals surface area (Å²) in [5.41, 5.74) is 1.39. The zero-order valence-electron chi connectivity index (χ0n) is 5.31. The molecule has 0 nitrogen and oxygen atoms in total. The number of aryl methyl sites for hydroxylation is 1. The Hall–Kier alpha value is 0.0187. The van der Waals surface area contributed by atoms with Gasteiger partial charge in [0.15, 0.2) is 0 Å². The summed E-state index contributed by atoms with van der Waals surface area (Å²) in [6, 6.07) is 8.72. The van der Waals surface area contributed by atoms with Crippen molar-refractivity contribution < 1.29 is 0 Å². The first-order valence-corrected chi connectivity index (χ1v) is 5.68. The van der Waals surface area contributed by atoms with Crippen molar-refractivity contribution in [1.29, 1.82) is 0 Å². The fourth-order valence-corrected chi connectivity index (χ4v) is 2.66. The molecular formula is C7H10Sn. The van der Waals surface area contributed by atoms with Crippen LogP contribution in [0.5, 0.6) is 0 Å². The Kier molecular flexibility index (Phi) is 1.95. The number of hydrogen-bond donors (Lipinski definition) is 0. The second-order valence-corrected chi connectivity index (χ2v) is 5.45. The van der Waals surface area contributed by atoms with Gasteiger partial charge >= 0.3 is 62.9 Å². The molecule has 0 radical (unpaired) electrons. The molecule has 0 amide bonds. The molecule has 0 aliphatic rings. The van der Waals surface area contributed by atoms with Crippen molar-refractivity contribution in [2.75, 3.05) is 0 Å². The molecule has 0 heterocycles. The number of rotatable bonds is 0. The molecule has 8 heavy (non-hydrogen) atoms. The van der Waals surface area contributed by atoms with E-state index in [9.17, 15) is 0 Å². The molecule has 1 aromatic rings. The van der Waals surface area contributed by atoms with Crippen molar-refractivity contribution in [2.24, 2.45) is 0 Å². The summed E-state index contributed by atoms with van der Waals surface area (Å²) in [5.74, 6) is 0. The second kappa shape index (κ2) is 2.53. The van der Waals surface area contributed by atoms with Crippen LogP contribution in [0.25, 0.3) is 0 Å². The van der Waals surface area contributed by atoms with Gasteiger partial charge in [-0.1, -0.05) is 0 Å². The molecule has 0 aliphatic carbocycles. The molecule has 0 saturated carbocycles. The van der Waals surface area contributed by atoms with E-state index in [2.05, 4.69) is 31.2 Å². The molecule has 42 valence electrons. The first-order chi connectivity index (χ1) is 3.79. The zero-order valence-corrected chi connectivity index (χ0v) is 11.0. The van der Waals surface area contributed by atoms with Crippen LogP contribution in [0.3, 0.4) is 0 Å². The monoisotopic (exact) mass is 214 g/mol. The van der Waals surface area contributed by atoms with Gasteiger partial charge in [-0.15, -0.1) is 0 Å². The molecular weight excluding hydrogens is 203 g/mol. The van der Waals surface area contributed by atoms with E-state index in [1.807, 2.05) is 0 Å². The summed E-state index contributed by atoms with van der Waals surface area (Å²) >= 11 is 0.695. The van der Waals surface area contributed by atoms with Crippen LogP contribution in [0.2, 0.25) is 0 Å². The van der Waals surface area contributed by atoms with E-state index in [0.29, 0.717) is 22.5 Å². The number of hydrogen-bond acceptors (Lipinski definition) is 0. The van der Waals surface area contributed by atoms with Crippen LogP contribution in [0.1, 0.15) is 5.56 Å². The summed E-state index contributed by atoms with van der Waals surface area (Å²) in [6.07, 6.45) is 0. The van der Waals surface area contributed by atoms with Gasteiger partial charge < -0.3 is 0 Å². The van der Waals surface area contributed by atoms with Crippen molar-refractivity contribution in [3.8, 4) is 0 Å². The third kappa shape index (κ3) is 1.51. The zero-order chi connectivity index (χ0) is 5.98. The van der Waals surface area contributed by atoms with Crippen molar-refractivity contribution in [3.05, 3.63) is 29.8 Å². The van der Waals surface area contributed by atoms with Crippen molar-refractivity contribution >= 4 is 26.1 Å². The van der Waals surface area contributed by atoms with Gasteiger partial charge in [0.2, 0.25) is 0 Å². The van der Waals surface area contributed by atoms with Crippen molar-refractivity contribution in [2.45, 2.75) is 6.92 Å². The molecule has 0 N–H and O–H groups in total. The van der Waals surface area contributed by atoms with Crippen LogP contribution in [0.4, 0.5) is 0 Å². The second-order valence-electron chi connectivity index (χ2n) is 2.16. The minimum absolute atomic E-state index is 0.695. The molecule has 0 atom stereocenters. The average molecular weight is 213 g/mol. The Morgan fingerprint density at radius 2 is 2.12 bits per heavy atom. The van der Waals surface area contributed by atoms with Gasteiger partial charge in [-0.05, 0) is 0 Å². The van der Waals surface area contributed by atoms with Gasteiger partial charge in [-0.2, -0.15) is 0 Å². The van der Waals surface area contributed by atoms with E-state index in [1.54, 1.807) is 3.58 Å². The Bertz CT molecular complexity index is 164. The van der Waals surface area contributed by atoms with Crippen LogP contribution in [-0.2, 0) is 0 Å². The molecule has 0 aliphatic heterocycles. The van der Waals surface area contributed by atoms with Gasteiger partial charge in [0.25, 0.3) is 0 Å². The molecule has 1 heteroatoms. The molecule has 0 unspecified atom stereocenters. The summed E-state index contributed by atoms with van der Waals surface area (Å²) in [7, 11) is 0. The standard InChI is InChI=1S/C7H7.Sn.3H/c1-7-5-3-2-4-6-7;;;;/h2-3,5-6H,1H3;;;;. The Balaban J connectivity index is 3.08. The van der Waals surface area contributed by atoms with Crippen LogP contribution >= 0.6 is 0 Å². The molecule has 1 rings (SSSR count). The first-order valence-electron chi connectivity index (χ1n) is 2.82. The van der Waals surface area contributed by atoms with E-state index in [0.717, 1.165) is 0 Å². The first kappa shape index (κ1) is 6.14. The molecule has 1 aromatic carbocycles. The van der Waals surface area contributed by atoms with Gasteiger partial charge in [-0.3, -0.25) is 0 Å². The summed E-state index contributed by atoms with van der Waals surface area (Å²) in [4.78, 5) is 0. The molecule has 0 saturated heterocycles. The van der Waals surface area contributed by atoms with Crippen LogP contribution in [-0.4, -0.2) is 22.5 Å². The fraction of sp³-hybridized carbons (Fsp3) is 0.143. The Morgan fingerprint density at radius 3 is 2.50 bits per heavy atom. The van der Waals surface area contributed by atoms with Gasteiger partial charge in [0, 0.05) is 0 Å². The van der Waals surface area contributed by atoms with Gasteiger partial charge in [-0.25, -0.2) is 0 Å². The van der Waals surface area contributed by atoms with Crippen molar-refractivity contribution in [1.82, 2.24) is 0 Å². The van der Waals surface area contributed by atoms with Crippen LogP contribution in [0.15, 0.2) is 24.3 Å². The molecule has 0 bridgehead atoms. The topological polar surface area (TPSA) is 0 Å². The maximum atomic E-state index is 2.26. The van der Waals surface area contributed by atoms with Gasteiger partial charge in [0.1, 0.15) is 0 Å². The number of benzene rings is 1. The third-order valence-electron chi connectivity index (χ3n) is 1.17. The molecule has 0 fully saturated rings. The third-order valence-corrected chi connectivity index (χ3v) is 2.95. The minimum atomic E-state index is 0.695. The maximum absolute atomic E-state index is 2.26. The summed E-state index contributed by atoms with van der Waals surface area (Å²) < 4.78 is 1.55. The summed E-state index contributed by atoms with van der Waals surface area (Å²) in [5, 5.41) is 0. The van der Waals surface area contributed by atoms with E-state index in [4.69, 9.17) is 0 Å². The Labute approximate surface area is 63.0 Å². The van der Waals surface area contributed by atoms with E-state index < -0.39 is 0 Å². The van der Waals surface area contributed by atoms with E-state index >= 15 is 0 Å². The SMILES string of the molecule is Cc1ccc[c]([SnH3])c1. The fourth-order valence-electron chi connectivity index (χ4n) is 0.807. The quantitative estimate of drug-likeness (QED) is 0.531. The van der Waals surface area contributed by atoms with Gasteiger partial charge in [0.05, 0.1) is 0 Å². The van der Waals surface area contributed by atoms with Crippen LogP contribution < -0.4 is 3.58 Å². The normalized spacial score (nSPS) is 9.62. The Morgan fingerprint density at radius 1 is 1.38 bits per heavy atom. The predicted molar refractivity (Wildman–Crippen MR) is 40.8 cm³/mol. The summed E-state index contributed by atoms with van der Waals surface area (Å²) in [6.45, 7) is 2.14. The van der Waals surface area contributed by atoms with Crippen LogP contribution in [0, 0.1) is 6.92 Å². The average Bonchev–Trinajstić information content (AvgIpc) is 1.64. The van der Waals surface area contributed by atoms with E-state index in [-0.39, 0.29) is 0 Å². The molecule has 0 spiro atoms. The molecule has 0 aromatic heterocycles.